The lowest BCUT2D eigenvalue weighted by atomic mass is 10.2. The van der Waals surface area contributed by atoms with Gasteiger partial charge < -0.3 is 9.80 Å². The molecule has 1 heterocycles. The van der Waals surface area contributed by atoms with Crippen LogP contribution in [0.5, 0.6) is 0 Å². The number of carbonyl (C=O) groups is 1. The molecule has 3 rings (SSSR count). The summed E-state index contributed by atoms with van der Waals surface area (Å²) in [5, 5.41) is 0.695. The molecule has 0 aromatic heterocycles. The predicted molar refractivity (Wildman–Crippen MR) is 109 cm³/mol. The van der Waals surface area contributed by atoms with Crippen LogP contribution in [0.3, 0.4) is 0 Å². The molecule has 28 heavy (non-hydrogen) atoms. The third-order valence-corrected chi connectivity index (χ3v) is 7.01. The fourth-order valence-electron chi connectivity index (χ4n) is 3.30. The number of nitrogens with one attached hydrogen (secondary N) is 1. The number of benzene rings is 2. The number of carbonyl (C=O) groups excluding carboxylic acids is 1. The second-order valence-electron chi connectivity index (χ2n) is 7.04. The monoisotopic (exact) mass is 422 g/mol. The number of quaternary nitrogens is 1. The van der Waals surface area contributed by atoms with E-state index in [1.54, 1.807) is 35.2 Å². The van der Waals surface area contributed by atoms with Gasteiger partial charge in [-0.3, -0.25) is 4.79 Å². The maximum absolute atomic E-state index is 12.7. The number of hydrogen-bond acceptors (Lipinski definition) is 3. The van der Waals surface area contributed by atoms with Crippen molar-refractivity contribution in [1.29, 1.82) is 0 Å². The van der Waals surface area contributed by atoms with Gasteiger partial charge in [0.25, 0.3) is 5.91 Å². The van der Waals surface area contributed by atoms with Crippen molar-refractivity contribution in [2.75, 3.05) is 39.8 Å². The Morgan fingerprint density at radius 3 is 2.21 bits per heavy atom. The third-order valence-electron chi connectivity index (χ3n) is 4.84. The lowest BCUT2D eigenvalue weighted by molar-refractivity contribution is -0.885. The summed E-state index contributed by atoms with van der Waals surface area (Å²) in [7, 11) is -1.52. The van der Waals surface area contributed by atoms with E-state index in [0.29, 0.717) is 42.6 Å². The summed E-state index contributed by atoms with van der Waals surface area (Å²) < 4.78 is 26.8. The molecule has 1 amide bonds. The maximum Gasteiger partial charge on any atom is 0.277 e. The van der Waals surface area contributed by atoms with Crippen molar-refractivity contribution < 1.29 is 18.1 Å². The van der Waals surface area contributed by atoms with Crippen LogP contribution in [0.15, 0.2) is 59.5 Å². The van der Waals surface area contributed by atoms with Crippen molar-refractivity contribution in [2.45, 2.75) is 11.4 Å². The number of nitrogens with zero attached hydrogens (tertiary/aromatic N) is 2. The van der Waals surface area contributed by atoms with Gasteiger partial charge >= 0.3 is 0 Å². The number of piperazine rings is 1. The lowest BCUT2D eigenvalue weighted by Gasteiger charge is -2.34. The SMILES string of the molecule is C[NH+](CC(=O)N1CCN(S(=O)(=O)c2ccccc2)CC1)Cc1ccc(Cl)cc1. The summed E-state index contributed by atoms with van der Waals surface area (Å²) in [5.41, 5.74) is 1.12. The van der Waals surface area contributed by atoms with Gasteiger partial charge in [0.2, 0.25) is 10.0 Å². The Balaban J connectivity index is 1.51. The largest absolute Gasteiger partial charge is 0.335 e. The molecule has 0 saturated carbocycles. The summed E-state index contributed by atoms with van der Waals surface area (Å²) in [4.78, 5) is 15.7. The predicted octanol–water partition coefficient (Wildman–Crippen LogP) is 0.888. The molecule has 1 aliphatic heterocycles. The van der Waals surface area contributed by atoms with E-state index in [4.69, 9.17) is 11.6 Å². The molecule has 0 spiro atoms. The average Bonchev–Trinajstić information content (AvgIpc) is 2.70. The number of rotatable bonds is 6. The molecule has 6 nitrogen and oxygen atoms in total. The number of amides is 1. The van der Waals surface area contributed by atoms with Gasteiger partial charge in [0.15, 0.2) is 6.54 Å². The summed E-state index contributed by atoms with van der Waals surface area (Å²) in [6.45, 7) is 2.57. The quantitative estimate of drug-likeness (QED) is 0.752. The van der Waals surface area contributed by atoms with Crippen LogP contribution < -0.4 is 4.90 Å². The molecule has 1 atom stereocenters. The molecule has 1 unspecified atom stereocenters. The molecule has 1 fully saturated rings. The molecule has 8 heteroatoms. The van der Waals surface area contributed by atoms with Crippen LogP contribution in [0.25, 0.3) is 0 Å². The number of halogens is 1. The Kier molecular flexibility index (Phi) is 6.72. The first-order chi connectivity index (χ1) is 13.4. The first-order valence-electron chi connectivity index (χ1n) is 9.25. The zero-order valence-electron chi connectivity index (χ0n) is 15.8. The molecule has 1 aliphatic rings. The molecule has 2 aromatic carbocycles. The van der Waals surface area contributed by atoms with E-state index in [0.717, 1.165) is 17.0 Å². The Labute approximate surface area is 171 Å². The molecule has 1 saturated heterocycles. The Morgan fingerprint density at radius 1 is 1.00 bits per heavy atom. The van der Waals surface area contributed by atoms with Crippen molar-refractivity contribution in [2.24, 2.45) is 0 Å². The summed E-state index contributed by atoms with van der Waals surface area (Å²) in [5.74, 6) is 0.0447. The smallest absolute Gasteiger partial charge is 0.277 e. The van der Waals surface area contributed by atoms with Crippen molar-refractivity contribution in [3.8, 4) is 0 Å². The molecule has 0 radical (unpaired) electrons. The van der Waals surface area contributed by atoms with Gasteiger partial charge in [0.1, 0.15) is 6.54 Å². The minimum Gasteiger partial charge on any atom is -0.335 e. The first-order valence-corrected chi connectivity index (χ1v) is 11.1. The van der Waals surface area contributed by atoms with Gasteiger partial charge in [-0.25, -0.2) is 8.42 Å². The van der Waals surface area contributed by atoms with Gasteiger partial charge in [0, 0.05) is 36.8 Å². The molecule has 1 N–H and O–H groups in total. The number of hydrogen-bond donors (Lipinski definition) is 1. The van der Waals surface area contributed by atoms with Crippen LogP contribution >= 0.6 is 11.6 Å². The molecule has 0 aliphatic carbocycles. The van der Waals surface area contributed by atoms with E-state index in [2.05, 4.69) is 0 Å². The molecular formula is C20H25ClN3O3S+. The highest BCUT2D eigenvalue weighted by Gasteiger charge is 2.30. The van der Waals surface area contributed by atoms with Crippen molar-refractivity contribution >= 4 is 27.5 Å². The second-order valence-corrected chi connectivity index (χ2v) is 9.41. The fourth-order valence-corrected chi connectivity index (χ4v) is 4.87. The summed E-state index contributed by atoms with van der Waals surface area (Å²) in [6.07, 6.45) is 0. The van der Waals surface area contributed by atoms with Gasteiger partial charge in [-0.1, -0.05) is 41.9 Å². The highest BCUT2D eigenvalue weighted by Crippen LogP contribution is 2.17. The second kappa shape index (κ2) is 9.05. The summed E-state index contributed by atoms with van der Waals surface area (Å²) >= 11 is 5.90. The van der Waals surface area contributed by atoms with E-state index in [9.17, 15) is 13.2 Å². The van der Waals surface area contributed by atoms with E-state index in [1.165, 1.54) is 4.31 Å². The molecule has 2 aromatic rings. The van der Waals surface area contributed by atoms with Gasteiger partial charge in [-0.05, 0) is 24.3 Å². The Bertz CT molecular complexity index is 896. The average molecular weight is 423 g/mol. The minimum atomic E-state index is -3.50. The van der Waals surface area contributed by atoms with Gasteiger partial charge in [-0.2, -0.15) is 4.31 Å². The van der Waals surface area contributed by atoms with Gasteiger partial charge in [0.05, 0.1) is 11.9 Å². The van der Waals surface area contributed by atoms with Crippen LogP contribution in [0.1, 0.15) is 5.56 Å². The van der Waals surface area contributed by atoms with Crippen LogP contribution in [-0.2, 0) is 21.4 Å². The van der Waals surface area contributed by atoms with Crippen LogP contribution in [-0.4, -0.2) is 63.3 Å². The Morgan fingerprint density at radius 2 is 1.61 bits per heavy atom. The van der Waals surface area contributed by atoms with Crippen LogP contribution in [0.2, 0.25) is 5.02 Å². The molecular weight excluding hydrogens is 398 g/mol. The molecule has 150 valence electrons. The van der Waals surface area contributed by atoms with Crippen LogP contribution in [0, 0.1) is 0 Å². The van der Waals surface area contributed by atoms with Crippen molar-refractivity contribution in [1.82, 2.24) is 9.21 Å². The highest BCUT2D eigenvalue weighted by molar-refractivity contribution is 7.89. The van der Waals surface area contributed by atoms with Gasteiger partial charge in [-0.15, -0.1) is 0 Å². The number of sulfonamides is 1. The number of likely N-dealkylation sites (N-methyl/N-ethyl adjacent to an activating group) is 1. The van der Waals surface area contributed by atoms with E-state index in [-0.39, 0.29) is 5.91 Å². The Hall–Kier alpha value is -1.93. The zero-order chi connectivity index (χ0) is 20.1. The third kappa shape index (κ3) is 5.11. The van der Waals surface area contributed by atoms with E-state index in [1.807, 2.05) is 31.3 Å². The standard InChI is InChI=1S/C20H24ClN3O3S/c1-22(15-17-7-9-18(21)10-8-17)16-20(25)23-11-13-24(14-12-23)28(26,27)19-5-3-2-4-6-19/h2-10H,11-16H2,1H3/p+1. The highest BCUT2D eigenvalue weighted by atomic mass is 35.5. The zero-order valence-corrected chi connectivity index (χ0v) is 17.4. The maximum atomic E-state index is 12.7. The summed E-state index contributed by atoms with van der Waals surface area (Å²) in [6, 6.07) is 16.0. The first kappa shape index (κ1) is 20.8. The normalized spacial score (nSPS) is 16.7. The lowest BCUT2D eigenvalue weighted by Crippen LogP contribution is -3.09. The topological polar surface area (TPSA) is 62.1 Å². The molecule has 0 bridgehead atoms. The minimum absolute atomic E-state index is 0.0447. The fraction of sp³-hybridized carbons (Fsp3) is 0.350. The van der Waals surface area contributed by atoms with E-state index < -0.39 is 10.0 Å². The van der Waals surface area contributed by atoms with Crippen molar-refractivity contribution in [3.63, 3.8) is 0 Å². The van der Waals surface area contributed by atoms with Crippen LogP contribution in [0.4, 0.5) is 0 Å². The van der Waals surface area contributed by atoms with Crippen molar-refractivity contribution in [3.05, 3.63) is 65.2 Å². The van der Waals surface area contributed by atoms with E-state index >= 15 is 0 Å².